The minimum absolute atomic E-state index is 0.0214. The van der Waals surface area contributed by atoms with Crippen molar-refractivity contribution < 1.29 is 14.3 Å². The number of rotatable bonds is 12. The van der Waals surface area contributed by atoms with Gasteiger partial charge in [0.05, 0.1) is 6.61 Å². The Labute approximate surface area is 193 Å². The third-order valence-electron chi connectivity index (χ3n) is 5.81. The van der Waals surface area contributed by atoms with Crippen LogP contribution >= 0.6 is 0 Å². The van der Waals surface area contributed by atoms with Crippen LogP contribution in [-0.4, -0.2) is 35.4 Å². The fourth-order valence-corrected chi connectivity index (χ4v) is 3.52. The number of nitrogens with zero attached hydrogens (tertiary/aromatic N) is 1. The summed E-state index contributed by atoms with van der Waals surface area (Å²) in [6.07, 6.45) is 2.36. The minimum Gasteiger partial charge on any atom is -0.494 e. The Balaban J connectivity index is 2.07. The second-order valence-electron chi connectivity index (χ2n) is 8.46. The van der Waals surface area contributed by atoms with Gasteiger partial charge in [-0.25, -0.2) is 0 Å². The Morgan fingerprint density at radius 2 is 1.69 bits per heavy atom. The number of aryl methyl sites for hydroxylation is 2. The smallest absolute Gasteiger partial charge is 0.243 e. The quantitative estimate of drug-likeness (QED) is 0.464. The zero-order valence-electron chi connectivity index (χ0n) is 20.2. The zero-order chi connectivity index (χ0) is 23.5. The van der Waals surface area contributed by atoms with Gasteiger partial charge >= 0.3 is 0 Å². The summed E-state index contributed by atoms with van der Waals surface area (Å²) in [6.45, 7) is 10.9. The molecule has 0 unspecified atom stereocenters. The summed E-state index contributed by atoms with van der Waals surface area (Å²) in [6, 6.07) is 15.5. The van der Waals surface area contributed by atoms with Gasteiger partial charge in [-0.2, -0.15) is 0 Å². The van der Waals surface area contributed by atoms with Crippen LogP contribution in [0, 0.1) is 13.8 Å². The van der Waals surface area contributed by atoms with E-state index in [-0.39, 0.29) is 17.9 Å². The minimum atomic E-state index is -0.492. The number of ether oxygens (including phenoxy) is 1. The van der Waals surface area contributed by atoms with E-state index in [9.17, 15) is 9.59 Å². The molecule has 0 saturated heterocycles. The van der Waals surface area contributed by atoms with Crippen LogP contribution in [-0.2, 0) is 16.1 Å². The molecule has 1 N–H and O–H groups in total. The van der Waals surface area contributed by atoms with E-state index in [0.29, 0.717) is 32.4 Å². The average molecular weight is 439 g/mol. The van der Waals surface area contributed by atoms with E-state index in [1.54, 1.807) is 4.90 Å². The third kappa shape index (κ3) is 7.70. The molecule has 0 heterocycles. The molecule has 2 amide bonds. The lowest BCUT2D eigenvalue weighted by molar-refractivity contribution is -0.141. The van der Waals surface area contributed by atoms with E-state index in [4.69, 9.17) is 4.74 Å². The Hall–Kier alpha value is -2.82. The molecule has 0 aromatic heterocycles. The van der Waals surface area contributed by atoms with Crippen LogP contribution in [0.3, 0.4) is 0 Å². The van der Waals surface area contributed by atoms with Crippen molar-refractivity contribution in [1.82, 2.24) is 10.2 Å². The van der Waals surface area contributed by atoms with Crippen molar-refractivity contribution in [3.05, 3.63) is 65.2 Å². The Morgan fingerprint density at radius 3 is 2.31 bits per heavy atom. The van der Waals surface area contributed by atoms with Crippen molar-refractivity contribution in [3.8, 4) is 5.75 Å². The normalized spacial score (nSPS) is 12.7. The number of hydrogen-bond acceptors (Lipinski definition) is 3. The van der Waals surface area contributed by atoms with Crippen LogP contribution in [0.15, 0.2) is 48.5 Å². The molecule has 32 heavy (non-hydrogen) atoms. The number of amides is 2. The summed E-state index contributed by atoms with van der Waals surface area (Å²) >= 11 is 0. The van der Waals surface area contributed by atoms with E-state index in [1.807, 2.05) is 83.1 Å². The molecular weight excluding hydrogens is 400 g/mol. The highest BCUT2D eigenvalue weighted by molar-refractivity contribution is 5.87. The van der Waals surface area contributed by atoms with E-state index in [0.717, 1.165) is 23.3 Å². The fourth-order valence-electron chi connectivity index (χ4n) is 3.52. The van der Waals surface area contributed by atoms with Crippen LogP contribution in [0.25, 0.3) is 0 Å². The molecule has 2 aromatic carbocycles. The lowest BCUT2D eigenvalue weighted by atomic mass is 10.0. The predicted molar refractivity (Wildman–Crippen MR) is 130 cm³/mol. The molecule has 0 spiro atoms. The van der Waals surface area contributed by atoms with Gasteiger partial charge in [0, 0.05) is 19.0 Å². The molecular formula is C27H38N2O3. The van der Waals surface area contributed by atoms with Crippen molar-refractivity contribution in [2.24, 2.45) is 0 Å². The molecule has 0 saturated carbocycles. The van der Waals surface area contributed by atoms with Crippen molar-refractivity contribution in [1.29, 1.82) is 0 Å². The predicted octanol–water partition coefficient (Wildman–Crippen LogP) is 5.18. The number of carbonyl (C=O) groups is 2. The van der Waals surface area contributed by atoms with Gasteiger partial charge in [-0.1, -0.05) is 55.8 Å². The van der Waals surface area contributed by atoms with Crippen molar-refractivity contribution in [3.63, 3.8) is 0 Å². The molecule has 5 heteroatoms. The number of benzene rings is 2. The summed E-state index contributed by atoms with van der Waals surface area (Å²) in [4.78, 5) is 28.0. The monoisotopic (exact) mass is 438 g/mol. The molecule has 0 aliphatic heterocycles. The van der Waals surface area contributed by atoms with Crippen LogP contribution in [0.2, 0.25) is 0 Å². The Kier molecular flexibility index (Phi) is 10.3. The second-order valence-corrected chi connectivity index (χ2v) is 8.46. The third-order valence-corrected chi connectivity index (χ3v) is 5.81. The molecule has 0 radical (unpaired) electrons. The maximum atomic E-state index is 13.3. The summed E-state index contributed by atoms with van der Waals surface area (Å²) in [5.41, 5.74) is 3.36. The average Bonchev–Trinajstić information content (AvgIpc) is 2.78. The van der Waals surface area contributed by atoms with Crippen molar-refractivity contribution in [2.75, 3.05) is 6.61 Å². The highest BCUT2D eigenvalue weighted by Crippen LogP contribution is 2.18. The fraction of sp³-hybridized carbons (Fsp3) is 0.481. The topological polar surface area (TPSA) is 58.6 Å². The van der Waals surface area contributed by atoms with Gasteiger partial charge in [-0.15, -0.1) is 0 Å². The van der Waals surface area contributed by atoms with Crippen LogP contribution < -0.4 is 10.1 Å². The van der Waals surface area contributed by atoms with Gasteiger partial charge in [0.1, 0.15) is 11.8 Å². The molecule has 0 bridgehead atoms. The van der Waals surface area contributed by atoms with Gasteiger partial charge in [0.15, 0.2) is 0 Å². The van der Waals surface area contributed by atoms with Crippen molar-refractivity contribution >= 4 is 11.8 Å². The largest absolute Gasteiger partial charge is 0.494 e. The van der Waals surface area contributed by atoms with E-state index >= 15 is 0 Å². The molecule has 2 atom stereocenters. The molecule has 5 nitrogen and oxygen atoms in total. The first-order valence-electron chi connectivity index (χ1n) is 11.7. The van der Waals surface area contributed by atoms with Crippen LogP contribution in [0.1, 0.15) is 63.1 Å². The summed E-state index contributed by atoms with van der Waals surface area (Å²) < 4.78 is 5.78. The molecule has 0 aliphatic carbocycles. The SMILES string of the molecule is CC[C@H](C)NC(=O)[C@H](CC)N(Cc1ccccc1C)C(=O)CCCOc1ccc(C)cc1. The van der Waals surface area contributed by atoms with Crippen molar-refractivity contribution in [2.45, 2.75) is 78.9 Å². The first-order valence-corrected chi connectivity index (χ1v) is 11.7. The van der Waals surface area contributed by atoms with Crippen LogP contribution in [0.4, 0.5) is 0 Å². The van der Waals surface area contributed by atoms with Gasteiger partial charge in [0.2, 0.25) is 11.8 Å². The second kappa shape index (κ2) is 12.9. The van der Waals surface area contributed by atoms with Gasteiger partial charge < -0.3 is 15.0 Å². The maximum absolute atomic E-state index is 13.3. The van der Waals surface area contributed by atoms with E-state index in [2.05, 4.69) is 5.32 Å². The van der Waals surface area contributed by atoms with Gasteiger partial charge in [0.25, 0.3) is 0 Å². The molecule has 0 fully saturated rings. The van der Waals surface area contributed by atoms with Crippen LogP contribution in [0.5, 0.6) is 5.75 Å². The summed E-state index contributed by atoms with van der Waals surface area (Å²) in [5, 5.41) is 3.05. The number of hydrogen-bond donors (Lipinski definition) is 1. The molecule has 2 aromatic rings. The molecule has 2 rings (SSSR count). The highest BCUT2D eigenvalue weighted by Gasteiger charge is 2.29. The Morgan fingerprint density at radius 1 is 1.00 bits per heavy atom. The lowest BCUT2D eigenvalue weighted by Crippen LogP contribution is -2.50. The van der Waals surface area contributed by atoms with Gasteiger partial charge in [-0.3, -0.25) is 9.59 Å². The molecule has 174 valence electrons. The summed E-state index contributed by atoms with van der Waals surface area (Å²) in [5.74, 6) is 0.700. The van der Waals surface area contributed by atoms with E-state index in [1.165, 1.54) is 5.56 Å². The number of nitrogens with one attached hydrogen (secondary N) is 1. The first kappa shape index (κ1) is 25.4. The summed E-state index contributed by atoms with van der Waals surface area (Å²) in [7, 11) is 0. The first-order chi connectivity index (χ1) is 15.3. The zero-order valence-corrected chi connectivity index (χ0v) is 20.2. The van der Waals surface area contributed by atoms with Gasteiger partial charge in [-0.05, 0) is 63.3 Å². The highest BCUT2D eigenvalue weighted by atomic mass is 16.5. The Bertz CT molecular complexity index is 863. The number of carbonyl (C=O) groups excluding carboxylic acids is 2. The van der Waals surface area contributed by atoms with E-state index < -0.39 is 6.04 Å². The maximum Gasteiger partial charge on any atom is 0.243 e. The lowest BCUT2D eigenvalue weighted by Gasteiger charge is -2.32. The standard InChI is InChI=1S/C27H38N2O3/c1-6-22(5)28-27(31)25(7-2)29(19-23-12-9-8-11-21(23)4)26(30)13-10-18-32-24-16-14-20(3)15-17-24/h8-9,11-12,14-17,22,25H,6-7,10,13,18-19H2,1-5H3,(H,28,31)/t22-,25-/m0/s1. The molecule has 0 aliphatic rings.